The summed E-state index contributed by atoms with van der Waals surface area (Å²) in [5.41, 5.74) is 27.0. The van der Waals surface area contributed by atoms with Crippen molar-refractivity contribution >= 4 is 87.3 Å². The number of hydrogen-bond donors (Lipinski definition) is 6. The first-order valence-corrected chi connectivity index (χ1v) is 17.0. The molecule has 0 fully saturated rings. The normalized spacial score (nSPS) is 12.4. The Hall–Kier alpha value is -6.14. The molecule has 0 aromatic heterocycles. The highest BCUT2D eigenvalue weighted by Crippen LogP contribution is 2.39. The summed E-state index contributed by atoms with van der Waals surface area (Å²) in [7, 11) is -8.78. The standard InChI is InChI=1S/C32H26N8O7S2/c33-25-9-1-17-13-21(48(41,42)43)5-7-23(17)31(25)39-37-29-11-3-19(15-27(29)35)47-20-4-12-30(28(36)16-20)38-40-32-24-8-6-22(49(44,45)46)14-18(24)2-10-26(32)34/h1-16H,33-36H2,(H,41,42,43)(H,44,45,46). The molecule has 0 bridgehead atoms. The number of fused-ring (bicyclic) bond motifs is 2. The summed E-state index contributed by atoms with van der Waals surface area (Å²) in [6, 6.07) is 23.9. The van der Waals surface area contributed by atoms with Crippen LogP contribution in [0.15, 0.2) is 127 Å². The third-order valence-electron chi connectivity index (χ3n) is 7.33. The van der Waals surface area contributed by atoms with Gasteiger partial charge in [-0.25, -0.2) is 0 Å². The van der Waals surface area contributed by atoms with Crippen LogP contribution in [-0.2, 0) is 20.2 Å². The number of hydrogen-bond acceptors (Lipinski definition) is 13. The summed E-state index contributed by atoms with van der Waals surface area (Å²) in [4.78, 5) is -0.527. The van der Waals surface area contributed by atoms with Crippen molar-refractivity contribution in [3.8, 4) is 11.5 Å². The van der Waals surface area contributed by atoms with E-state index in [4.69, 9.17) is 27.7 Å². The molecule has 0 aliphatic heterocycles. The highest BCUT2D eigenvalue weighted by atomic mass is 32.2. The Bertz CT molecular complexity index is 2420. The number of nitrogen functional groups attached to an aromatic ring is 4. The average Bonchev–Trinajstić information content (AvgIpc) is 3.04. The molecule has 10 N–H and O–H groups in total. The van der Waals surface area contributed by atoms with Crippen LogP contribution in [0.25, 0.3) is 21.5 Å². The molecule has 0 unspecified atom stereocenters. The quantitative estimate of drug-likeness (QED) is 0.0516. The molecule has 0 heterocycles. The van der Waals surface area contributed by atoms with Gasteiger partial charge in [-0.3, -0.25) is 9.11 Å². The molecule has 6 aromatic rings. The Balaban J connectivity index is 1.20. The zero-order valence-electron chi connectivity index (χ0n) is 25.1. The summed E-state index contributed by atoms with van der Waals surface area (Å²) in [5, 5.41) is 19.0. The molecule has 248 valence electrons. The van der Waals surface area contributed by atoms with Crippen molar-refractivity contribution in [2.24, 2.45) is 20.5 Å². The Morgan fingerprint density at radius 3 is 1.24 bits per heavy atom. The summed E-state index contributed by atoms with van der Waals surface area (Å²) in [6.07, 6.45) is 0. The van der Waals surface area contributed by atoms with Gasteiger partial charge in [0.1, 0.15) is 34.2 Å². The van der Waals surface area contributed by atoms with E-state index in [0.717, 1.165) is 0 Å². The van der Waals surface area contributed by atoms with E-state index in [1.165, 1.54) is 36.4 Å². The lowest BCUT2D eigenvalue weighted by Gasteiger charge is -2.10. The van der Waals surface area contributed by atoms with Crippen molar-refractivity contribution in [1.82, 2.24) is 0 Å². The van der Waals surface area contributed by atoms with Crippen LogP contribution in [0.1, 0.15) is 0 Å². The maximum atomic E-state index is 11.5. The summed E-state index contributed by atoms with van der Waals surface area (Å²) >= 11 is 0. The van der Waals surface area contributed by atoms with Gasteiger partial charge in [-0.2, -0.15) is 16.8 Å². The highest BCUT2D eigenvalue weighted by Gasteiger charge is 2.15. The first kappa shape index (κ1) is 32.8. The Labute approximate surface area is 279 Å². The minimum atomic E-state index is -4.39. The topological polar surface area (TPSA) is 271 Å². The predicted molar refractivity (Wildman–Crippen MR) is 186 cm³/mol. The summed E-state index contributed by atoms with van der Waals surface area (Å²) in [5.74, 6) is 0.751. The molecule has 49 heavy (non-hydrogen) atoms. The van der Waals surface area contributed by atoms with E-state index in [-0.39, 0.29) is 21.2 Å². The number of nitrogens with zero attached hydrogens (tertiary/aromatic N) is 4. The van der Waals surface area contributed by atoms with E-state index in [0.29, 0.717) is 67.2 Å². The molecule has 0 radical (unpaired) electrons. The van der Waals surface area contributed by atoms with Crippen molar-refractivity contribution in [3.63, 3.8) is 0 Å². The molecule has 0 aliphatic rings. The summed E-state index contributed by atoms with van der Waals surface area (Å²) in [6.45, 7) is 0. The second kappa shape index (κ2) is 12.5. The monoisotopic (exact) mass is 698 g/mol. The Morgan fingerprint density at radius 2 is 0.878 bits per heavy atom. The van der Waals surface area contributed by atoms with E-state index in [1.54, 1.807) is 60.7 Å². The zero-order valence-corrected chi connectivity index (χ0v) is 26.7. The number of rotatable bonds is 8. The minimum absolute atomic E-state index is 0.239. The largest absolute Gasteiger partial charge is 0.457 e. The third kappa shape index (κ3) is 6.94. The molecule has 0 saturated heterocycles. The lowest BCUT2D eigenvalue weighted by Crippen LogP contribution is -1.97. The van der Waals surface area contributed by atoms with Crippen molar-refractivity contribution in [3.05, 3.63) is 97.1 Å². The molecule has 0 amide bonds. The van der Waals surface area contributed by atoms with Gasteiger partial charge in [0.2, 0.25) is 0 Å². The summed E-state index contributed by atoms with van der Waals surface area (Å²) < 4.78 is 70.8. The van der Waals surface area contributed by atoms with Gasteiger partial charge in [-0.05, 0) is 71.4 Å². The van der Waals surface area contributed by atoms with E-state index in [9.17, 15) is 25.9 Å². The van der Waals surface area contributed by atoms with Crippen molar-refractivity contribution in [2.45, 2.75) is 9.79 Å². The van der Waals surface area contributed by atoms with E-state index >= 15 is 0 Å². The van der Waals surface area contributed by atoms with Gasteiger partial charge < -0.3 is 27.7 Å². The predicted octanol–water partition coefficient (Wildman–Crippen LogP) is 7.44. The van der Waals surface area contributed by atoms with Gasteiger partial charge in [-0.1, -0.05) is 24.3 Å². The molecule has 0 spiro atoms. The fourth-order valence-corrected chi connectivity index (χ4v) is 5.91. The van der Waals surface area contributed by atoms with Crippen molar-refractivity contribution in [2.75, 3.05) is 22.9 Å². The molecular weight excluding hydrogens is 673 g/mol. The van der Waals surface area contributed by atoms with Crippen LogP contribution in [0.5, 0.6) is 11.5 Å². The smallest absolute Gasteiger partial charge is 0.294 e. The minimum Gasteiger partial charge on any atom is -0.457 e. The number of nitrogens with two attached hydrogens (primary N) is 4. The van der Waals surface area contributed by atoms with Crippen molar-refractivity contribution < 1.29 is 30.7 Å². The van der Waals surface area contributed by atoms with Crippen LogP contribution >= 0.6 is 0 Å². The van der Waals surface area contributed by atoms with Gasteiger partial charge in [0.05, 0.1) is 32.5 Å². The Morgan fingerprint density at radius 1 is 0.469 bits per heavy atom. The van der Waals surface area contributed by atoms with Gasteiger partial charge in [-0.15, -0.1) is 20.5 Å². The number of azo groups is 2. The molecule has 0 saturated carbocycles. The van der Waals surface area contributed by atoms with Gasteiger partial charge in [0.15, 0.2) is 0 Å². The molecule has 6 rings (SSSR count). The highest BCUT2D eigenvalue weighted by molar-refractivity contribution is 7.86. The number of anilines is 4. The molecule has 0 atom stereocenters. The fourth-order valence-electron chi connectivity index (χ4n) is 4.88. The molecule has 15 nitrogen and oxygen atoms in total. The van der Waals surface area contributed by atoms with Gasteiger partial charge in [0, 0.05) is 22.9 Å². The maximum Gasteiger partial charge on any atom is 0.294 e. The van der Waals surface area contributed by atoms with Crippen molar-refractivity contribution in [1.29, 1.82) is 0 Å². The molecular formula is C32H26N8O7S2. The van der Waals surface area contributed by atoms with Crippen LogP contribution in [0.2, 0.25) is 0 Å². The Kier molecular flexibility index (Phi) is 8.34. The molecule has 17 heteroatoms. The van der Waals surface area contributed by atoms with Gasteiger partial charge >= 0.3 is 0 Å². The van der Waals surface area contributed by atoms with Gasteiger partial charge in [0.25, 0.3) is 20.2 Å². The lowest BCUT2D eigenvalue weighted by atomic mass is 10.1. The van der Waals surface area contributed by atoms with Crippen LogP contribution < -0.4 is 27.7 Å². The van der Waals surface area contributed by atoms with Crippen LogP contribution in [-0.4, -0.2) is 25.9 Å². The first-order valence-electron chi connectivity index (χ1n) is 14.1. The number of benzene rings is 6. The van der Waals surface area contributed by atoms with Crippen LogP contribution in [0, 0.1) is 0 Å². The SMILES string of the molecule is Nc1cc(Oc2ccc(N=Nc3c(N)ccc4cc(S(=O)(=O)O)ccc34)c(N)c2)ccc1N=Nc1c(N)ccc2cc(S(=O)(=O)O)ccc12. The second-order valence-corrected chi connectivity index (χ2v) is 13.5. The molecule has 6 aromatic carbocycles. The second-order valence-electron chi connectivity index (χ2n) is 10.7. The van der Waals surface area contributed by atoms with Crippen LogP contribution in [0.3, 0.4) is 0 Å². The number of ether oxygens (including phenoxy) is 1. The lowest BCUT2D eigenvalue weighted by molar-refractivity contribution is 0.481. The van der Waals surface area contributed by atoms with E-state index in [1.807, 2.05) is 0 Å². The van der Waals surface area contributed by atoms with E-state index < -0.39 is 20.2 Å². The first-order chi connectivity index (χ1) is 23.2. The van der Waals surface area contributed by atoms with Crippen LogP contribution in [0.4, 0.5) is 45.5 Å². The average molecular weight is 699 g/mol. The third-order valence-corrected chi connectivity index (χ3v) is 9.03. The zero-order chi connectivity index (χ0) is 35.1. The fraction of sp³-hybridized carbons (Fsp3) is 0. The maximum absolute atomic E-state index is 11.5. The molecule has 0 aliphatic carbocycles. The van der Waals surface area contributed by atoms with E-state index in [2.05, 4.69) is 20.5 Å².